The summed E-state index contributed by atoms with van der Waals surface area (Å²) in [5, 5.41) is 9.43. The van der Waals surface area contributed by atoms with Crippen molar-refractivity contribution in [3.8, 4) is 0 Å². The van der Waals surface area contributed by atoms with E-state index in [1.807, 2.05) is 4.90 Å². The molecule has 2 aromatic rings. The van der Waals surface area contributed by atoms with Crippen LogP contribution in [0.2, 0.25) is 5.02 Å². The van der Waals surface area contributed by atoms with Gasteiger partial charge in [-0.25, -0.2) is 13.2 Å². The van der Waals surface area contributed by atoms with Crippen LogP contribution in [-0.2, 0) is 10.0 Å². The number of sulfonamides is 1. The Morgan fingerprint density at radius 1 is 0.920 bits per heavy atom. The smallest absolute Gasteiger partial charge is 0.335 e. The third kappa shape index (κ3) is 3.78. The normalized spacial score (nSPS) is 16.0. The second kappa shape index (κ2) is 7.03. The van der Waals surface area contributed by atoms with E-state index in [0.29, 0.717) is 31.2 Å². The van der Waals surface area contributed by atoms with Crippen LogP contribution in [0.4, 0.5) is 5.69 Å². The van der Waals surface area contributed by atoms with Gasteiger partial charge in [-0.1, -0.05) is 11.6 Å². The van der Waals surface area contributed by atoms with E-state index in [1.165, 1.54) is 16.4 Å². The lowest BCUT2D eigenvalue weighted by Gasteiger charge is -2.35. The van der Waals surface area contributed by atoms with Gasteiger partial charge in [0.25, 0.3) is 0 Å². The molecular weight excluding hydrogens is 364 g/mol. The zero-order chi connectivity index (χ0) is 18.0. The molecule has 2 aromatic carbocycles. The van der Waals surface area contributed by atoms with Crippen LogP contribution in [0, 0.1) is 0 Å². The summed E-state index contributed by atoms with van der Waals surface area (Å²) >= 11 is 5.81. The van der Waals surface area contributed by atoms with E-state index in [0.717, 1.165) is 5.69 Å². The van der Waals surface area contributed by atoms with Crippen LogP contribution in [-0.4, -0.2) is 50.0 Å². The summed E-state index contributed by atoms with van der Waals surface area (Å²) in [4.78, 5) is 13.2. The van der Waals surface area contributed by atoms with Crippen molar-refractivity contribution in [2.75, 3.05) is 31.1 Å². The first-order chi connectivity index (χ1) is 11.9. The van der Waals surface area contributed by atoms with Crippen molar-refractivity contribution < 1.29 is 18.3 Å². The molecule has 0 radical (unpaired) electrons. The molecule has 1 saturated heterocycles. The van der Waals surface area contributed by atoms with E-state index in [2.05, 4.69) is 0 Å². The molecule has 1 fully saturated rings. The minimum atomic E-state index is -3.53. The molecule has 0 aliphatic carbocycles. The highest BCUT2D eigenvalue weighted by Crippen LogP contribution is 2.22. The zero-order valence-corrected chi connectivity index (χ0v) is 14.9. The molecule has 132 valence electrons. The Hall–Kier alpha value is -2.09. The highest BCUT2D eigenvalue weighted by Gasteiger charge is 2.28. The summed E-state index contributed by atoms with van der Waals surface area (Å²) in [6, 6.07) is 12.7. The van der Waals surface area contributed by atoms with E-state index in [9.17, 15) is 13.2 Å². The number of nitrogens with zero attached hydrogens (tertiary/aromatic N) is 2. The molecule has 6 nitrogen and oxygen atoms in total. The average molecular weight is 381 g/mol. The van der Waals surface area contributed by atoms with Gasteiger partial charge < -0.3 is 10.0 Å². The summed E-state index contributed by atoms with van der Waals surface area (Å²) < 4.78 is 26.8. The van der Waals surface area contributed by atoms with Gasteiger partial charge in [0.1, 0.15) is 0 Å². The Bertz CT molecular complexity index is 859. The second-order valence-corrected chi connectivity index (χ2v) is 8.07. The van der Waals surface area contributed by atoms with Crippen molar-refractivity contribution in [2.45, 2.75) is 4.90 Å². The monoisotopic (exact) mass is 380 g/mol. The van der Waals surface area contributed by atoms with E-state index < -0.39 is 16.0 Å². The number of carboxylic acids is 1. The third-order valence-corrected chi connectivity index (χ3v) is 6.33. The molecule has 1 N–H and O–H groups in total. The maximum absolute atomic E-state index is 12.7. The first-order valence-corrected chi connectivity index (χ1v) is 9.54. The molecule has 0 bridgehead atoms. The minimum absolute atomic E-state index is 0.229. The van der Waals surface area contributed by atoms with Gasteiger partial charge in [0.2, 0.25) is 10.0 Å². The lowest BCUT2D eigenvalue weighted by Crippen LogP contribution is -2.48. The van der Waals surface area contributed by atoms with E-state index in [-0.39, 0.29) is 10.5 Å². The van der Waals surface area contributed by atoms with Crippen LogP contribution in [0.3, 0.4) is 0 Å². The fraction of sp³-hybridized carbons (Fsp3) is 0.235. The van der Waals surface area contributed by atoms with E-state index in [4.69, 9.17) is 16.7 Å². The standard InChI is InChI=1S/C17H17ClN2O4S/c18-14-3-7-16(8-4-14)25(23,24)20-11-9-19(10-12-20)15-5-1-13(2-6-15)17(21)22/h1-8H,9-12H2,(H,21,22). The van der Waals surface area contributed by atoms with Crippen molar-refractivity contribution >= 4 is 33.3 Å². The minimum Gasteiger partial charge on any atom is -0.478 e. The molecule has 0 atom stereocenters. The first kappa shape index (κ1) is 17.7. The Morgan fingerprint density at radius 2 is 1.48 bits per heavy atom. The maximum Gasteiger partial charge on any atom is 0.335 e. The van der Waals surface area contributed by atoms with Gasteiger partial charge >= 0.3 is 5.97 Å². The summed E-state index contributed by atoms with van der Waals surface area (Å²) in [5.41, 5.74) is 1.11. The van der Waals surface area contributed by atoms with Crippen LogP contribution in [0.25, 0.3) is 0 Å². The predicted octanol–water partition coefficient (Wildman–Crippen LogP) is 2.55. The first-order valence-electron chi connectivity index (χ1n) is 7.72. The van der Waals surface area contributed by atoms with Gasteiger partial charge in [-0.05, 0) is 48.5 Å². The zero-order valence-electron chi connectivity index (χ0n) is 13.3. The van der Waals surface area contributed by atoms with Gasteiger partial charge in [-0.2, -0.15) is 4.31 Å². The number of anilines is 1. The molecule has 0 unspecified atom stereocenters. The number of hydrogen-bond acceptors (Lipinski definition) is 4. The third-order valence-electron chi connectivity index (χ3n) is 4.17. The number of halogens is 1. The molecule has 0 spiro atoms. The van der Waals surface area contributed by atoms with Gasteiger partial charge in [-0.15, -0.1) is 0 Å². The van der Waals surface area contributed by atoms with Gasteiger partial charge in [0, 0.05) is 36.9 Å². The topological polar surface area (TPSA) is 77.9 Å². The number of benzene rings is 2. The molecule has 0 saturated carbocycles. The van der Waals surface area contributed by atoms with Gasteiger partial charge in [-0.3, -0.25) is 0 Å². The second-order valence-electron chi connectivity index (χ2n) is 5.70. The molecule has 0 amide bonds. The average Bonchev–Trinajstić information content (AvgIpc) is 2.62. The fourth-order valence-electron chi connectivity index (χ4n) is 2.76. The van der Waals surface area contributed by atoms with Crippen LogP contribution in [0.1, 0.15) is 10.4 Å². The lowest BCUT2D eigenvalue weighted by atomic mass is 10.2. The van der Waals surface area contributed by atoms with Crippen LogP contribution >= 0.6 is 11.6 Å². The molecular formula is C17H17ClN2O4S. The lowest BCUT2D eigenvalue weighted by molar-refractivity contribution is 0.0697. The molecule has 3 rings (SSSR count). The summed E-state index contributed by atoms with van der Waals surface area (Å²) in [6.07, 6.45) is 0. The molecule has 25 heavy (non-hydrogen) atoms. The Labute approximate surface area is 151 Å². The predicted molar refractivity (Wildman–Crippen MR) is 95.8 cm³/mol. The highest BCUT2D eigenvalue weighted by atomic mass is 35.5. The Balaban J connectivity index is 1.69. The number of aromatic carboxylic acids is 1. The van der Waals surface area contributed by atoms with Crippen molar-refractivity contribution in [2.24, 2.45) is 0 Å². The van der Waals surface area contributed by atoms with Crippen molar-refractivity contribution in [3.05, 3.63) is 59.1 Å². The summed E-state index contributed by atoms with van der Waals surface area (Å²) in [5.74, 6) is -0.967. The van der Waals surface area contributed by atoms with E-state index in [1.54, 1.807) is 36.4 Å². The summed E-state index contributed by atoms with van der Waals surface area (Å²) in [7, 11) is -3.53. The molecule has 1 heterocycles. The SMILES string of the molecule is O=C(O)c1ccc(N2CCN(S(=O)(=O)c3ccc(Cl)cc3)CC2)cc1. The Kier molecular flexibility index (Phi) is 4.99. The summed E-state index contributed by atoms with van der Waals surface area (Å²) in [6.45, 7) is 1.82. The molecule has 0 aromatic heterocycles. The van der Waals surface area contributed by atoms with E-state index >= 15 is 0 Å². The largest absolute Gasteiger partial charge is 0.478 e. The van der Waals surface area contributed by atoms with Crippen molar-refractivity contribution in [1.29, 1.82) is 0 Å². The van der Waals surface area contributed by atoms with Crippen LogP contribution in [0.5, 0.6) is 0 Å². The van der Waals surface area contributed by atoms with Crippen molar-refractivity contribution in [3.63, 3.8) is 0 Å². The van der Waals surface area contributed by atoms with Crippen LogP contribution < -0.4 is 4.90 Å². The van der Waals surface area contributed by atoms with Gasteiger partial charge in [0.05, 0.1) is 10.5 Å². The molecule has 1 aliphatic heterocycles. The molecule has 1 aliphatic rings. The fourth-order valence-corrected chi connectivity index (χ4v) is 4.31. The van der Waals surface area contributed by atoms with Crippen molar-refractivity contribution in [1.82, 2.24) is 4.31 Å². The number of carboxylic acid groups (broad SMARTS) is 1. The quantitative estimate of drug-likeness (QED) is 0.881. The Morgan fingerprint density at radius 3 is 2.00 bits per heavy atom. The number of rotatable bonds is 4. The maximum atomic E-state index is 12.7. The number of hydrogen-bond donors (Lipinski definition) is 1. The number of carbonyl (C=O) groups is 1. The number of piperazine rings is 1. The molecule has 8 heteroatoms. The highest BCUT2D eigenvalue weighted by molar-refractivity contribution is 7.89. The van der Waals surface area contributed by atoms with Gasteiger partial charge in [0.15, 0.2) is 0 Å². The van der Waals surface area contributed by atoms with Crippen LogP contribution in [0.15, 0.2) is 53.4 Å².